The van der Waals surface area contributed by atoms with E-state index in [4.69, 9.17) is 0 Å². The molecule has 3 aliphatic rings. The van der Waals surface area contributed by atoms with E-state index in [1.54, 1.807) is 0 Å². The molecule has 1 aliphatic heterocycles. The van der Waals surface area contributed by atoms with Crippen LogP contribution < -0.4 is 5.32 Å². The molecule has 2 aliphatic carbocycles. The maximum atomic E-state index is 15.7. The van der Waals surface area contributed by atoms with Crippen molar-refractivity contribution < 1.29 is 4.39 Å². The zero-order valence-corrected chi connectivity index (χ0v) is 21.6. The normalized spacial score (nSPS) is 25.7. The summed E-state index contributed by atoms with van der Waals surface area (Å²) in [6.45, 7) is 9.06. The molecular formula is C32H42FN. The minimum atomic E-state index is -1.01. The molecule has 182 valence electrons. The van der Waals surface area contributed by atoms with E-state index in [0.29, 0.717) is 6.42 Å². The second kappa shape index (κ2) is 10.9. The molecule has 34 heavy (non-hydrogen) atoms. The molecule has 1 nitrogen and oxygen atoms in total. The number of allylic oxidation sites excluding steroid dienone is 8. The van der Waals surface area contributed by atoms with Crippen molar-refractivity contribution in [1.82, 2.24) is 5.32 Å². The van der Waals surface area contributed by atoms with Crippen LogP contribution in [-0.4, -0.2) is 5.67 Å². The Hall–Kier alpha value is -2.35. The van der Waals surface area contributed by atoms with E-state index in [1.165, 1.54) is 45.4 Å². The van der Waals surface area contributed by atoms with Gasteiger partial charge in [-0.15, -0.1) is 0 Å². The quantitative estimate of drug-likeness (QED) is 0.473. The summed E-state index contributed by atoms with van der Waals surface area (Å²) in [6, 6.07) is 10.5. The number of rotatable bonds is 4. The van der Waals surface area contributed by atoms with Gasteiger partial charge >= 0.3 is 0 Å². The van der Waals surface area contributed by atoms with E-state index < -0.39 is 5.67 Å². The minimum Gasteiger partial charge on any atom is -0.361 e. The largest absolute Gasteiger partial charge is 0.361 e. The Morgan fingerprint density at radius 3 is 2.35 bits per heavy atom. The van der Waals surface area contributed by atoms with Crippen molar-refractivity contribution in [3.63, 3.8) is 0 Å². The third kappa shape index (κ3) is 6.01. The van der Waals surface area contributed by atoms with Gasteiger partial charge in [0.15, 0.2) is 0 Å². The maximum Gasteiger partial charge on any atom is 0.111 e. The van der Waals surface area contributed by atoms with Gasteiger partial charge in [-0.1, -0.05) is 78.5 Å². The Balaban J connectivity index is 1.72. The van der Waals surface area contributed by atoms with Crippen LogP contribution in [0, 0.1) is 5.92 Å². The van der Waals surface area contributed by atoms with Gasteiger partial charge < -0.3 is 5.32 Å². The number of hydrogen-bond donors (Lipinski definition) is 1. The predicted molar refractivity (Wildman–Crippen MR) is 144 cm³/mol. The zero-order valence-electron chi connectivity index (χ0n) is 21.6. The SMILES string of the molecule is CC1=CC(C2=C(C)CCC(C)=C2C)=CN/C(c2ccccc2)=C\C(CC2(F)CCCCC2)CC1. The summed E-state index contributed by atoms with van der Waals surface area (Å²) in [4.78, 5) is 0. The molecule has 2 heteroatoms. The lowest BCUT2D eigenvalue weighted by Crippen LogP contribution is -2.29. The Morgan fingerprint density at radius 1 is 0.912 bits per heavy atom. The molecule has 1 atom stereocenters. The Bertz CT molecular complexity index is 1030. The lowest BCUT2D eigenvalue weighted by atomic mass is 9.78. The van der Waals surface area contributed by atoms with Crippen molar-refractivity contribution in [2.24, 2.45) is 5.92 Å². The van der Waals surface area contributed by atoms with Crippen LogP contribution in [0.5, 0.6) is 0 Å². The first-order valence-electron chi connectivity index (χ1n) is 13.3. The van der Waals surface area contributed by atoms with Crippen molar-refractivity contribution in [2.45, 2.75) is 97.6 Å². The average molecular weight is 460 g/mol. The summed E-state index contributed by atoms with van der Waals surface area (Å²) in [7, 11) is 0. The van der Waals surface area contributed by atoms with Crippen LogP contribution in [0.15, 0.2) is 82.1 Å². The molecule has 1 aromatic rings. The van der Waals surface area contributed by atoms with E-state index in [9.17, 15) is 0 Å². The topological polar surface area (TPSA) is 12.0 Å². The lowest BCUT2D eigenvalue weighted by molar-refractivity contribution is 0.0816. The molecule has 0 radical (unpaired) electrons. The minimum absolute atomic E-state index is 0.226. The molecule has 0 saturated heterocycles. The Morgan fingerprint density at radius 2 is 1.62 bits per heavy atom. The monoisotopic (exact) mass is 459 g/mol. The maximum absolute atomic E-state index is 15.7. The summed E-state index contributed by atoms with van der Waals surface area (Å²) in [5, 5.41) is 3.68. The zero-order chi connectivity index (χ0) is 24.1. The highest BCUT2D eigenvalue weighted by Crippen LogP contribution is 2.40. The van der Waals surface area contributed by atoms with E-state index in [1.807, 2.05) is 0 Å². The first-order valence-corrected chi connectivity index (χ1v) is 13.3. The molecule has 1 N–H and O–H groups in total. The van der Waals surface area contributed by atoms with Crippen molar-refractivity contribution in [2.75, 3.05) is 0 Å². The van der Waals surface area contributed by atoms with Gasteiger partial charge in [0.1, 0.15) is 5.67 Å². The molecule has 1 fully saturated rings. The standard InChI is InChI=1S/C32H42FN/c1-23-13-16-27(21-32(33)17-9-6-10-18-32)20-30(28-11-7-5-8-12-28)34-22-29(19-23)31-25(3)15-14-24(2)26(31)4/h5,7-8,11-12,19-20,22,27,34H,6,9-10,13-18,21H2,1-4H3/b23-19?,29-22?,30-20-. The molecule has 1 saturated carbocycles. The van der Waals surface area contributed by atoms with Crippen molar-refractivity contribution in [3.8, 4) is 0 Å². The van der Waals surface area contributed by atoms with E-state index in [0.717, 1.165) is 57.1 Å². The van der Waals surface area contributed by atoms with Gasteiger partial charge in [0.25, 0.3) is 0 Å². The highest BCUT2D eigenvalue weighted by molar-refractivity contribution is 5.66. The van der Waals surface area contributed by atoms with Gasteiger partial charge in [0.05, 0.1) is 0 Å². The van der Waals surface area contributed by atoms with E-state index >= 15 is 4.39 Å². The van der Waals surface area contributed by atoms with Crippen LogP contribution in [-0.2, 0) is 0 Å². The Labute approximate surface area is 206 Å². The molecular weight excluding hydrogens is 417 g/mol. The summed E-state index contributed by atoms with van der Waals surface area (Å²) >= 11 is 0. The first-order chi connectivity index (χ1) is 16.3. The number of benzene rings is 1. The molecule has 0 bridgehead atoms. The molecule has 0 amide bonds. The summed E-state index contributed by atoms with van der Waals surface area (Å²) < 4.78 is 15.7. The fourth-order valence-corrected chi connectivity index (χ4v) is 5.96. The van der Waals surface area contributed by atoms with Gasteiger partial charge in [-0.05, 0) is 101 Å². The third-order valence-electron chi connectivity index (χ3n) is 8.16. The fourth-order valence-electron chi connectivity index (χ4n) is 5.96. The average Bonchev–Trinajstić information content (AvgIpc) is 2.83. The van der Waals surface area contributed by atoms with Crippen LogP contribution in [0.1, 0.15) is 97.5 Å². The second-order valence-corrected chi connectivity index (χ2v) is 11.0. The summed E-state index contributed by atoms with van der Waals surface area (Å²) in [6.07, 6.45) is 16.5. The molecule has 0 aromatic heterocycles. The molecule has 1 aromatic carbocycles. The number of alkyl halides is 1. The van der Waals surface area contributed by atoms with Gasteiger partial charge in [-0.2, -0.15) is 0 Å². The van der Waals surface area contributed by atoms with Crippen LogP contribution >= 0.6 is 0 Å². The summed E-state index contributed by atoms with van der Waals surface area (Å²) in [5.41, 5.74) is 9.67. The van der Waals surface area contributed by atoms with Crippen molar-refractivity contribution >= 4 is 5.70 Å². The van der Waals surface area contributed by atoms with Gasteiger partial charge in [-0.3, -0.25) is 0 Å². The molecule has 0 spiro atoms. The van der Waals surface area contributed by atoms with Gasteiger partial charge in [-0.25, -0.2) is 4.39 Å². The van der Waals surface area contributed by atoms with Crippen LogP contribution in [0.25, 0.3) is 5.70 Å². The second-order valence-electron chi connectivity index (χ2n) is 11.0. The van der Waals surface area contributed by atoms with Crippen LogP contribution in [0.3, 0.4) is 0 Å². The third-order valence-corrected chi connectivity index (χ3v) is 8.16. The Kier molecular flexibility index (Phi) is 7.96. The van der Waals surface area contributed by atoms with Gasteiger partial charge in [0, 0.05) is 11.9 Å². The smallest absolute Gasteiger partial charge is 0.111 e. The predicted octanol–water partition coefficient (Wildman–Crippen LogP) is 9.37. The number of nitrogens with one attached hydrogen (secondary N) is 1. The summed E-state index contributed by atoms with van der Waals surface area (Å²) in [5.74, 6) is 0.226. The highest BCUT2D eigenvalue weighted by Gasteiger charge is 2.34. The van der Waals surface area contributed by atoms with Crippen molar-refractivity contribution in [1.29, 1.82) is 0 Å². The first kappa shape index (κ1) is 24.8. The van der Waals surface area contributed by atoms with Crippen molar-refractivity contribution in [3.05, 3.63) is 87.7 Å². The molecule has 1 unspecified atom stereocenters. The highest BCUT2D eigenvalue weighted by atomic mass is 19.1. The lowest BCUT2D eigenvalue weighted by Gasteiger charge is -2.32. The van der Waals surface area contributed by atoms with Gasteiger partial charge in [0.2, 0.25) is 0 Å². The number of halogens is 1. The fraction of sp³-hybridized carbons (Fsp3) is 0.500. The van der Waals surface area contributed by atoms with Crippen LogP contribution in [0.4, 0.5) is 4.39 Å². The number of hydrogen-bond acceptors (Lipinski definition) is 1. The van der Waals surface area contributed by atoms with Crippen LogP contribution in [0.2, 0.25) is 0 Å². The van der Waals surface area contributed by atoms with E-state index in [-0.39, 0.29) is 5.92 Å². The van der Waals surface area contributed by atoms with E-state index in [2.05, 4.69) is 81.7 Å². The molecule has 4 rings (SSSR count). The molecule has 1 heterocycles.